The zero-order valence-electron chi connectivity index (χ0n) is 14.0. The lowest BCUT2D eigenvalue weighted by molar-refractivity contribution is 0.102. The number of amides is 1. The average Bonchev–Trinajstić information content (AvgIpc) is 3.05. The number of halogens is 1. The highest BCUT2D eigenvalue weighted by atomic mass is 127. The Kier molecular flexibility index (Phi) is 4.46. The second kappa shape index (κ2) is 6.92. The van der Waals surface area contributed by atoms with Crippen molar-refractivity contribution in [3.8, 4) is 11.5 Å². The summed E-state index contributed by atoms with van der Waals surface area (Å²) in [6.07, 6.45) is 0. The highest BCUT2D eigenvalue weighted by Crippen LogP contribution is 2.27. The Morgan fingerprint density at radius 2 is 1.85 bits per heavy atom. The van der Waals surface area contributed by atoms with Crippen LogP contribution >= 0.6 is 22.6 Å². The van der Waals surface area contributed by atoms with Gasteiger partial charge in [0.2, 0.25) is 5.89 Å². The van der Waals surface area contributed by atoms with Crippen molar-refractivity contribution in [2.45, 2.75) is 6.92 Å². The minimum atomic E-state index is -0.144. The Hall–Kier alpha value is -2.67. The average molecular weight is 454 g/mol. The van der Waals surface area contributed by atoms with Gasteiger partial charge in [-0.2, -0.15) is 0 Å². The van der Waals surface area contributed by atoms with Gasteiger partial charge in [0, 0.05) is 20.4 Å². The number of anilines is 1. The molecule has 26 heavy (non-hydrogen) atoms. The van der Waals surface area contributed by atoms with E-state index in [4.69, 9.17) is 4.42 Å². The molecule has 3 aromatic carbocycles. The normalized spacial score (nSPS) is 10.8. The van der Waals surface area contributed by atoms with Gasteiger partial charge in [-0.3, -0.25) is 4.79 Å². The van der Waals surface area contributed by atoms with Crippen molar-refractivity contribution in [2.24, 2.45) is 0 Å². The molecule has 0 aliphatic heterocycles. The van der Waals surface area contributed by atoms with E-state index in [9.17, 15) is 4.79 Å². The Balaban J connectivity index is 1.61. The van der Waals surface area contributed by atoms with Gasteiger partial charge in [-0.05, 0) is 84.1 Å². The maximum Gasteiger partial charge on any atom is 0.255 e. The second-order valence-corrected chi connectivity index (χ2v) is 7.28. The molecule has 0 spiro atoms. The van der Waals surface area contributed by atoms with E-state index in [1.807, 2.05) is 67.6 Å². The summed E-state index contributed by atoms with van der Waals surface area (Å²) >= 11 is 2.26. The molecule has 0 saturated heterocycles. The van der Waals surface area contributed by atoms with Crippen LogP contribution in [-0.2, 0) is 0 Å². The predicted octanol–water partition coefficient (Wildman–Crippen LogP) is 5.66. The number of nitrogens with one attached hydrogen (secondary N) is 1. The minimum absolute atomic E-state index is 0.144. The molecular weight excluding hydrogens is 439 g/mol. The number of oxazole rings is 1. The Labute approximate surface area is 164 Å². The lowest BCUT2D eigenvalue weighted by Crippen LogP contribution is -2.11. The maximum absolute atomic E-state index is 12.4. The summed E-state index contributed by atoms with van der Waals surface area (Å²) in [5.74, 6) is 0.424. The Morgan fingerprint density at radius 1 is 1.04 bits per heavy atom. The van der Waals surface area contributed by atoms with E-state index in [2.05, 4.69) is 32.9 Å². The topological polar surface area (TPSA) is 55.1 Å². The molecule has 4 nitrogen and oxygen atoms in total. The summed E-state index contributed by atoms with van der Waals surface area (Å²) in [5.41, 5.74) is 4.68. The van der Waals surface area contributed by atoms with Crippen molar-refractivity contribution in [2.75, 3.05) is 5.32 Å². The third-order valence-corrected chi connectivity index (χ3v) is 4.74. The fourth-order valence-electron chi connectivity index (χ4n) is 2.71. The molecule has 0 bridgehead atoms. The van der Waals surface area contributed by atoms with Crippen molar-refractivity contribution in [3.05, 3.63) is 81.4 Å². The van der Waals surface area contributed by atoms with E-state index >= 15 is 0 Å². The number of aromatic nitrogens is 1. The molecule has 1 amide bonds. The first-order valence-electron chi connectivity index (χ1n) is 8.13. The maximum atomic E-state index is 12.4. The molecule has 0 fully saturated rings. The molecule has 0 saturated carbocycles. The molecule has 0 atom stereocenters. The smallest absolute Gasteiger partial charge is 0.255 e. The monoisotopic (exact) mass is 454 g/mol. The van der Waals surface area contributed by atoms with Gasteiger partial charge in [-0.15, -0.1) is 0 Å². The first-order chi connectivity index (χ1) is 12.6. The van der Waals surface area contributed by atoms with Crippen LogP contribution in [0.2, 0.25) is 0 Å². The fraction of sp³-hybridized carbons (Fsp3) is 0.0476. The van der Waals surface area contributed by atoms with Gasteiger partial charge in [-0.25, -0.2) is 4.98 Å². The van der Waals surface area contributed by atoms with Crippen LogP contribution in [0.1, 0.15) is 15.9 Å². The number of nitrogens with zero attached hydrogens (tertiary/aromatic N) is 1. The molecule has 0 radical (unpaired) electrons. The molecular formula is C21H15IN2O2. The number of fused-ring (bicyclic) bond motifs is 1. The van der Waals surface area contributed by atoms with Gasteiger partial charge < -0.3 is 9.73 Å². The zero-order chi connectivity index (χ0) is 18.1. The van der Waals surface area contributed by atoms with Crippen LogP contribution in [0.4, 0.5) is 5.69 Å². The number of benzene rings is 3. The molecule has 1 N–H and O–H groups in total. The van der Waals surface area contributed by atoms with Gasteiger partial charge in [0.1, 0.15) is 5.52 Å². The quantitative estimate of drug-likeness (QED) is 0.407. The number of aryl methyl sites for hydroxylation is 1. The van der Waals surface area contributed by atoms with Gasteiger partial charge in [0.05, 0.1) is 0 Å². The SMILES string of the molecule is Cc1cccc(C(=O)Nc2ccc3oc(-c4ccc(I)cc4)nc3c2)c1. The van der Waals surface area contributed by atoms with Crippen LogP contribution < -0.4 is 5.32 Å². The second-order valence-electron chi connectivity index (χ2n) is 6.03. The molecule has 1 aromatic heterocycles. The first-order valence-corrected chi connectivity index (χ1v) is 9.21. The van der Waals surface area contributed by atoms with Gasteiger partial charge in [0.15, 0.2) is 5.58 Å². The highest BCUT2D eigenvalue weighted by Gasteiger charge is 2.11. The molecule has 5 heteroatoms. The third-order valence-electron chi connectivity index (χ3n) is 4.02. The minimum Gasteiger partial charge on any atom is -0.436 e. The molecule has 128 valence electrons. The van der Waals surface area contributed by atoms with Crippen molar-refractivity contribution in [3.63, 3.8) is 0 Å². The van der Waals surface area contributed by atoms with Crippen molar-refractivity contribution < 1.29 is 9.21 Å². The van der Waals surface area contributed by atoms with Crippen LogP contribution in [0.25, 0.3) is 22.6 Å². The number of carbonyl (C=O) groups excluding carboxylic acids is 1. The molecule has 0 aliphatic rings. The predicted molar refractivity (Wildman–Crippen MR) is 111 cm³/mol. The van der Waals surface area contributed by atoms with Crippen LogP contribution in [0.5, 0.6) is 0 Å². The number of carbonyl (C=O) groups is 1. The van der Waals surface area contributed by atoms with E-state index < -0.39 is 0 Å². The van der Waals surface area contributed by atoms with Crippen molar-refractivity contribution >= 4 is 45.3 Å². The van der Waals surface area contributed by atoms with Crippen molar-refractivity contribution in [1.82, 2.24) is 4.98 Å². The van der Waals surface area contributed by atoms with Gasteiger partial charge in [-0.1, -0.05) is 17.7 Å². The van der Waals surface area contributed by atoms with Crippen LogP contribution in [0, 0.1) is 10.5 Å². The summed E-state index contributed by atoms with van der Waals surface area (Å²) in [6.45, 7) is 1.96. The lowest BCUT2D eigenvalue weighted by atomic mass is 10.1. The number of hydrogen-bond acceptors (Lipinski definition) is 3. The summed E-state index contributed by atoms with van der Waals surface area (Å²) in [6, 6.07) is 20.9. The third kappa shape index (κ3) is 3.48. The number of rotatable bonds is 3. The van der Waals surface area contributed by atoms with E-state index in [1.54, 1.807) is 6.07 Å². The molecule has 4 rings (SSSR count). The van der Waals surface area contributed by atoms with Crippen molar-refractivity contribution in [1.29, 1.82) is 0 Å². The van der Waals surface area contributed by atoms with Gasteiger partial charge in [0.25, 0.3) is 5.91 Å². The summed E-state index contributed by atoms with van der Waals surface area (Å²) < 4.78 is 6.98. The van der Waals surface area contributed by atoms with Crippen LogP contribution in [0.15, 0.2) is 71.1 Å². The summed E-state index contributed by atoms with van der Waals surface area (Å²) in [7, 11) is 0. The fourth-order valence-corrected chi connectivity index (χ4v) is 3.07. The van der Waals surface area contributed by atoms with E-state index in [0.29, 0.717) is 28.2 Å². The molecule has 0 aliphatic carbocycles. The van der Waals surface area contributed by atoms with E-state index in [1.165, 1.54) is 0 Å². The largest absolute Gasteiger partial charge is 0.436 e. The summed E-state index contributed by atoms with van der Waals surface area (Å²) in [5, 5.41) is 2.91. The van der Waals surface area contributed by atoms with Gasteiger partial charge >= 0.3 is 0 Å². The standard InChI is InChI=1S/C21H15IN2O2/c1-13-3-2-4-15(11-13)20(25)23-17-9-10-19-18(12-17)24-21(26-19)14-5-7-16(22)8-6-14/h2-12H,1H3,(H,23,25). The molecule has 4 aromatic rings. The number of hydrogen-bond donors (Lipinski definition) is 1. The molecule has 0 unspecified atom stereocenters. The first kappa shape index (κ1) is 16.8. The highest BCUT2D eigenvalue weighted by molar-refractivity contribution is 14.1. The van der Waals surface area contributed by atoms with E-state index in [0.717, 1.165) is 14.7 Å². The van der Waals surface area contributed by atoms with Crippen LogP contribution in [0.3, 0.4) is 0 Å². The molecule has 1 heterocycles. The summed E-state index contributed by atoms with van der Waals surface area (Å²) in [4.78, 5) is 17.0. The van der Waals surface area contributed by atoms with E-state index in [-0.39, 0.29) is 5.91 Å². The Bertz CT molecular complexity index is 1100. The van der Waals surface area contributed by atoms with Crippen LogP contribution in [-0.4, -0.2) is 10.9 Å². The lowest BCUT2D eigenvalue weighted by Gasteiger charge is -2.05. The Morgan fingerprint density at radius 3 is 2.62 bits per heavy atom. The zero-order valence-corrected chi connectivity index (χ0v) is 16.2.